The van der Waals surface area contributed by atoms with Crippen molar-refractivity contribution in [2.75, 3.05) is 21.3 Å². The van der Waals surface area contributed by atoms with Gasteiger partial charge < -0.3 is 19.3 Å². The van der Waals surface area contributed by atoms with Crippen LogP contribution < -0.4 is 9.47 Å². The molecule has 0 heterocycles. The Morgan fingerprint density at radius 1 is 1.11 bits per heavy atom. The van der Waals surface area contributed by atoms with E-state index >= 15 is 0 Å². The Morgan fingerprint density at radius 2 is 1.75 bits per heavy atom. The van der Waals surface area contributed by atoms with Crippen LogP contribution in [0.5, 0.6) is 11.5 Å². The second kappa shape index (κ2) is 9.83. The molecule has 0 spiro atoms. The average Bonchev–Trinajstić information content (AvgIpc) is 2.95. The van der Waals surface area contributed by atoms with Crippen LogP contribution in [0.25, 0.3) is 6.08 Å². The van der Waals surface area contributed by atoms with E-state index in [4.69, 9.17) is 14.2 Å². The summed E-state index contributed by atoms with van der Waals surface area (Å²) >= 11 is 0. The summed E-state index contributed by atoms with van der Waals surface area (Å²) in [6.45, 7) is 4.01. The highest BCUT2D eigenvalue weighted by atomic mass is 16.5. The van der Waals surface area contributed by atoms with Crippen molar-refractivity contribution in [3.8, 4) is 11.5 Å². The number of carboxylic acids is 1. The van der Waals surface area contributed by atoms with Crippen molar-refractivity contribution >= 4 is 12.0 Å². The maximum absolute atomic E-state index is 11.4. The Hall–Kier alpha value is -2.95. The molecule has 2 rings (SSSR count). The summed E-state index contributed by atoms with van der Waals surface area (Å²) in [5, 5.41) is 9.36. The largest absolute Gasteiger partial charge is 0.497 e. The average molecular weight is 384 g/mol. The van der Waals surface area contributed by atoms with E-state index in [9.17, 15) is 9.90 Å². The van der Waals surface area contributed by atoms with Gasteiger partial charge in [-0.2, -0.15) is 0 Å². The van der Waals surface area contributed by atoms with Gasteiger partial charge >= 0.3 is 5.97 Å². The van der Waals surface area contributed by atoms with Gasteiger partial charge in [-0.05, 0) is 71.9 Å². The van der Waals surface area contributed by atoms with Crippen molar-refractivity contribution in [3.63, 3.8) is 0 Å². The van der Waals surface area contributed by atoms with Crippen LogP contribution >= 0.6 is 0 Å². The lowest BCUT2D eigenvalue weighted by Crippen LogP contribution is -1.99. The van der Waals surface area contributed by atoms with E-state index < -0.39 is 5.97 Å². The van der Waals surface area contributed by atoms with E-state index in [-0.39, 0.29) is 6.42 Å². The predicted octanol–water partition coefficient (Wildman–Crippen LogP) is 5.15. The molecule has 28 heavy (non-hydrogen) atoms. The second-order valence-corrected chi connectivity index (χ2v) is 6.55. The third kappa shape index (κ3) is 5.28. The molecule has 5 nitrogen and oxygen atoms in total. The van der Waals surface area contributed by atoms with Crippen LogP contribution in [0.2, 0.25) is 0 Å². The number of carboxylic acid groups (broad SMARTS) is 1. The normalized spacial score (nSPS) is 17.4. The fourth-order valence-corrected chi connectivity index (χ4v) is 3.26. The van der Waals surface area contributed by atoms with Crippen LogP contribution in [0.1, 0.15) is 38.7 Å². The molecule has 1 N–H and O–H groups in total. The number of hydrogen-bond donors (Lipinski definition) is 1. The molecule has 0 aromatic heterocycles. The van der Waals surface area contributed by atoms with Crippen molar-refractivity contribution in [3.05, 3.63) is 64.0 Å². The second-order valence-electron chi connectivity index (χ2n) is 6.55. The van der Waals surface area contributed by atoms with E-state index in [0.717, 1.165) is 40.0 Å². The minimum Gasteiger partial charge on any atom is -0.497 e. The molecular formula is C23H28O5. The van der Waals surface area contributed by atoms with E-state index in [1.165, 1.54) is 0 Å². The lowest BCUT2D eigenvalue weighted by Gasteiger charge is -2.07. The zero-order valence-electron chi connectivity index (χ0n) is 17.2. The number of rotatable bonds is 8. The van der Waals surface area contributed by atoms with Gasteiger partial charge in [0.05, 0.1) is 27.8 Å². The lowest BCUT2D eigenvalue weighted by atomic mass is 10.0. The van der Waals surface area contributed by atoms with Crippen molar-refractivity contribution in [1.29, 1.82) is 0 Å². The standard InChI is InChI=1S/C23H28O5/c1-6-7-19(26-3)12-18-11-17(15(2)22(18)14-23(24)25)8-16-9-20(27-4)13-21(10-16)28-5/h7-10,12-13H,6,11,14H2,1-5H3,(H,24,25)/b17-8+,18-12+,19-7+. The molecule has 0 saturated heterocycles. The van der Waals surface area contributed by atoms with E-state index in [0.29, 0.717) is 17.9 Å². The molecule has 0 radical (unpaired) electrons. The molecule has 150 valence electrons. The molecule has 0 bridgehead atoms. The molecule has 0 atom stereocenters. The summed E-state index contributed by atoms with van der Waals surface area (Å²) in [6.07, 6.45) is 7.46. The van der Waals surface area contributed by atoms with Gasteiger partial charge in [0.15, 0.2) is 0 Å². The zero-order valence-corrected chi connectivity index (χ0v) is 17.2. The molecule has 1 aromatic rings. The zero-order chi connectivity index (χ0) is 20.7. The molecule has 1 aromatic carbocycles. The summed E-state index contributed by atoms with van der Waals surface area (Å²) < 4.78 is 16.1. The monoisotopic (exact) mass is 384 g/mol. The first-order valence-corrected chi connectivity index (χ1v) is 9.22. The van der Waals surface area contributed by atoms with Gasteiger partial charge in [0.2, 0.25) is 0 Å². The number of hydrogen-bond acceptors (Lipinski definition) is 4. The number of methoxy groups -OCH3 is 3. The number of allylic oxidation sites excluding steroid dienone is 5. The Morgan fingerprint density at radius 3 is 2.25 bits per heavy atom. The molecule has 0 unspecified atom stereocenters. The maximum Gasteiger partial charge on any atom is 0.307 e. The highest BCUT2D eigenvalue weighted by Crippen LogP contribution is 2.40. The topological polar surface area (TPSA) is 65.0 Å². The van der Waals surface area contributed by atoms with Crippen molar-refractivity contribution in [2.24, 2.45) is 0 Å². The molecule has 1 aliphatic rings. The highest BCUT2D eigenvalue weighted by molar-refractivity contribution is 5.76. The molecular weight excluding hydrogens is 356 g/mol. The first kappa shape index (κ1) is 21.4. The highest BCUT2D eigenvalue weighted by Gasteiger charge is 2.23. The summed E-state index contributed by atoms with van der Waals surface area (Å²) in [6, 6.07) is 5.68. The minimum absolute atomic E-state index is 0.0143. The summed E-state index contributed by atoms with van der Waals surface area (Å²) in [7, 11) is 4.86. The third-order valence-corrected chi connectivity index (χ3v) is 4.70. The Balaban J connectivity index is 2.50. The quantitative estimate of drug-likeness (QED) is 0.628. The van der Waals surface area contributed by atoms with E-state index in [2.05, 4.69) is 6.08 Å². The third-order valence-electron chi connectivity index (χ3n) is 4.70. The van der Waals surface area contributed by atoms with Crippen LogP contribution in [0.4, 0.5) is 0 Å². The smallest absolute Gasteiger partial charge is 0.307 e. The Labute approximate surface area is 166 Å². The summed E-state index contributed by atoms with van der Waals surface area (Å²) in [4.78, 5) is 11.4. The van der Waals surface area contributed by atoms with Gasteiger partial charge in [0.25, 0.3) is 0 Å². The predicted molar refractivity (Wildman–Crippen MR) is 111 cm³/mol. The number of ether oxygens (including phenoxy) is 3. The number of aliphatic carboxylic acids is 1. The molecule has 0 amide bonds. The SMILES string of the molecule is CC/C=C(\C=C1/C/C(=C\c2cc(OC)cc(OC)c2)C(C)=C1CC(=O)O)OC. The van der Waals surface area contributed by atoms with Gasteiger partial charge in [0, 0.05) is 6.07 Å². The molecule has 0 fully saturated rings. The molecule has 0 saturated carbocycles. The van der Waals surface area contributed by atoms with Gasteiger partial charge in [-0.25, -0.2) is 0 Å². The fourth-order valence-electron chi connectivity index (χ4n) is 3.26. The summed E-state index contributed by atoms with van der Waals surface area (Å²) in [5.41, 5.74) is 4.82. The van der Waals surface area contributed by atoms with Crippen LogP contribution in [0, 0.1) is 0 Å². The first-order valence-electron chi connectivity index (χ1n) is 9.22. The van der Waals surface area contributed by atoms with Crippen molar-refractivity contribution in [1.82, 2.24) is 0 Å². The maximum atomic E-state index is 11.4. The van der Waals surface area contributed by atoms with Crippen LogP contribution in [-0.4, -0.2) is 32.4 Å². The van der Waals surface area contributed by atoms with Crippen molar-refractivity contribution in [2.45, 2.75) is 33.1 Å². The fraction of sp³-hybridized carbons (Fsp3) is 0.348. The molecule has 1 aliphatic carbocycles. The summed E-state index contributed by atoms with van der Waals surface area (Å²) in [5.74, 6) is 1.32. The molecule has 0 aliphatic heterocycles. The van der Waals surface area contributed by atoms with Gasteiger partial charge in [0.1, 0.15) is 17.3 Å². The lowest BCUT2D eigenvalue weighted by molar-refractivity contribution is -0.136. The van der Waals surface area contributed by atoms with Gasteiger partial charge in [-0.3, -0.25) is 4.79 Å². The molecule has 5 heteroatoms. The Bertz CT molecular complexity index is 833. The first-order chi connectivity index (χ1) is 13.4. The number of benzene rings is 1. The Kier molecular flexibility index (Phi) is 7.50. The van der Waals surface area contributed by atoms with Crippen LogP contribution in [-0.2, 0) is 9.53 Å². The van der Waals surface area contributed by atoms with Gasteiger partial charge in [-0.15, -0.1) is 0 Å². The van der Waals surface area contributed by atoms with Crippen LogP contribution in [0.15, 0.2) is 58.4 Å². The van der Waals surface area contributed by atoms with E-state index in [1.807, 2.05) is 44.2 Å². The van der Waals surface area contributed by atoms with E-state index in [1.54, 1.807) is 21.3 Å². The van der Waals surface area contributed by atoms with Gasteiger partial charge in [-0.1, -0.05) is 13.0 Å². The van der Waals surface area contributed by atoms with Crippen molar-refractivity contribution < 1.29 is 24.1 Å². The minimum atomic E-state index is -0.844. The van der Waals surface area contributed by atoms with Crippen LogP contribution in [0.3, 0.4) is 0 Å². The number of carbonyl (C=O) groups is 1.